The summed E-state index contributed by atoms with van der Waals surface area (Å²) in [6.45, 7) is 7.75. The molecule has 20 heavy (non-hydrogen) atoms. The van der Waals surface area contributed by atoms with Gasteiger partial charge in [-0.1, -0.05) is 6.92 Å². The minimum absolute atomic E-state index is 0.236. The second-order valence-corrected chi connectivity index (χ2v) is 6.55. The zero-order valence-electron chi connectivity index (χ0n) is 12.0. The Kier molecular flexibility index (Phi) is 4.05. The molecular weight excluding hydrogens is 272 g/mol. The van der Waals surface area contributed by atoms with Crippen LogP contribution in [-0.2, 0) is 11.3 Å². The summed E-state index contributed by atoms with van der Waals surface area (Å²) in [5, 5.41) is 6.25. The molecule has 0 saturated carbocycles. The molecule has 1 aromatic heterocycles. The average molecular weight is 294 g/mol. The van der Waals surface area contributed by atoms with E-state index in [-0.39, 0.29) is 11.4 Å². The summed E-state index contributed by atoms with van der Waals surface area (Å²) in [6, 6.07) is 0. The van der Waals surface area contributed by atoms with Crippen LogP contribution in [0.4, 0.5) is 0 Å². The van der Waals surface area contributed by atoms with Crippen LogP contribution in [0.1, 0.15) is 24.8 Å². The van der Waals surface area contributed by atoms with Crippen molar-refractivity contribution in [2.75, 3.05) is 32.7 Å². The number of aromatic nitrogens is 1. The molecule has 5 nitrogen and oxygen atoms in total. The number of piperazine rings is 1. The van der Waals surface area contributed by atoms with Crippen LogP contribution in [0.15, 0.2) is 11.6 Å². The SMILES string of the molecule is CCN1CCNC(=O)C12CCN(Cc1nccs1)CC2. The minimum atomic E-state index is -0.258. The zero-order valence-corrected chi connectivity index (χ0v) is 12.8. The van der Waals surface area contributed by atoms with E-state index in [2.05, 4.69) is 27.0 Å². The number of rotatable bonds is 3. The molecule has 1 aromatic rings. The van der Waals surface area contributed by atoms with Crippen molar-refractivity contribution in [3.63, 3.8) is 0 Å². The Balaban J connectivity index is 1.65. The number of piperidine rings is 1. The lowest BCUT2D eigenvalue weighted by molar-refractivity contribution is -0.141. The van der Waals surface area contributed by atoms with Crippen molar-refractivity contribution in [3.8, 4) is 0 Å². The Morgan fingerprint density at radius 3 is 2.85 bits per heavy atom. The standard InChI is InChI=1S/C14H22N4OS/c1-2-18-9-5-16-13(19)14(18)3-7-17(8-4-14)11-12-15-6-10-20-12/h6,10H,2-5,7-9,11H2,1H3,(H,16,19). The predicted molar refractivity (Wildman–Crippen MR) is 79.6 cm³/mol. The Morgan fingerprint density at radius 2 is 2.20 bits per heavy atom. The molecule has 6 heteroatoms. The molecule has 2 aliphatic heterocycles. The molecule has 0 atom stereocenters. The van der Waals surface area contributed by atoms with E-state index in [9.17, 15) is 4.79 Å². The minimum Gasteiger partial charge on any atom is -0.353 e. The van der Waals surface area contributed by atoms with E-state index in [0.717, 1.165) is 52.1 Å². The normalized spacial score (nSPS) is 23.9. The third-order valence-corrected chi connectivity index (χ3v) is 5.37. The van der Waals surface area contributed by atoms with Gasteiger partial charge in [-0.15, -0.1) is 11.3 Å². The number of thiazole rings is 1. The summed E-state index contributed by atoms with van der Waals surface area (Å²) in [4.78, 5) is 21.5. The van der Waals surface area contributed by atoms with E-state index in [1.807, 2.05) is 11.6 Å². The third-order valence-electron chi connectivity index (χ3n) is 4.60. The molecule has 2 aliphatic rings. The molecule has 0 aromatic carbocycles. The lowest BCUT2D eigenvalue weighted by Gasteiger charge is -2.49. The van der Waals surface area contributed by atoms with E-state index in [4.69, 9.17) is 0 Å². The van der Waals surface area contributed by atoms with E-state index in [1.165, 1.54) is 5.01 Å². The van der Waals surface area contributed by atoms with Gasteiger partial charge in [0.1, 0.15) is 10.5 Å². The number of nitrogens with one attached hydrogen (secondary N) is 1. The van der Waals surface area contributed by atoms with Crippen LogP contribution in [0.3, 0.4) is 0 Å². The fourth-order valence-corrected chi connectivity index (χ4v) is 4.09. The summed E-state index contributed by atoms with van der Waals surface area (Å²) in [5.41, 5.74) is -0.258. The molecule has 0 radical (unpaired) electrons. The van der Waals surface area contributed by atoms with E-state index >= 15 is 0 Å². The van der Waals surface area contributed by atoms with Gasteiger partial charge in [0.15, 0.2) is 0 Å². The van der Waals surface area contributed by atoms with Crippen molar-refractivity contribution in [2.24, 2.45) is 0 Å². The molecule has 2 saturated heterocycles. The van der Waals surface area contributed by atoms with Gasteiger partial charge in [0.2, 0.25) is 5.91 Å². The number of amides is 1. The first-order valence-corrected chi connectivity index (χ1v) is 8.26. The molecule has 0 bridgehead atoms. The molecular formula is C14H22N4OS. The first-order valence-electron chi connectivity index (χ1n) is 7.39. The second kappa shape index (κ2) is 5.79. The summed E-state index contributed by atoms with van der Waals surface area (Å²) < 4.78 is 0. The highest BCUT2D eigenvalue weighted by Gasteiger charge is 2.47. The van der Waals surface area contributed by atoms with Crippen molar-refractivity contribution in [1.29, 1.82) is 0 Å². The van der Waals surface area contributed by atoms with Crippen molar-refractivity contribution in [3.05, 3.63) is 16.6 Å². The van der Waals surface area contributed by atoms with Crippen LogP contribution in [-0.4, -0.2) is 59.0 Å². The van der Waals surface area contributed by atoms with E-state index in [1.54, 1.807) is 11.3 Å². The number of hydrogen-bond acceptors (Lipinski definition) is 5. The maximum absolute atomic E-state index is 12.4. The topological polar surface area (TPSA) is 48.5 Å². The molecule has 1 N–H and O–H groups in total. The van der Waals surface area contributed by atoms with Gasteiger partial charge in [0.05, 0.1) is 6.54 Å². The van der Waals surface area contributed by atoms with Gasteiger partial charge in [-0.2, -0.15) is 0 Å². The number of nitrogens with zero attached hydrogens (tertiary/aromatic N) is 3. The molecule has 3 rings (SSSR count). The van der Waals surface area contributed by atoms with Gasteiger partial charge >= 0.3 is 0 Å². The Bertz CT molecular complexity index is 454. The quantitative estimate of drug-likeness (QED) is 0.901. The maximum Gasteiger partial charge on any atom is 0.240 e. The zero-order chi connectivity index (χ0) is 14.0. The van der Waals surface area contributed by atoms with Crippen molar-refractivity contribution < 1.29 is 4.79 Å². The van der Waals surface area contributed by atoms with Gasteiger partial charge in [0, 0.05) is 37.8 Å². The van der Waals surface area contributed by atoms with Crippen molar-refractivity contribution in [2.45, 2.75) is 31.8 Å². The molecule has 0 unspecified atom stereocenters. The number of carbonyl (C=O) groups excluding carboxylic acids is 1. The number of carbonyl (C=O) groups is 1. The van der Waals surface area contributed by atoms with Gasteiger partial charge < -0.3 is 5.32 Å². The van der Waals surface area contributed by atoms with Crippen LogP contribution in [0.2, 0.25) is 0 Å². The summed E-state index contributed by atoms with van der Waals surface area (Å²) in [6.07, 6.45) is 3.72. The summed E-state index contributed by atoms with van der Waals surface area (Å²) in [7, 11) is 0. The smallest absolute Gasteiger partial charge is 0.240 e. The maximum atomic E-state index is 12.4. The fraction of sp³-hybridized carbons (Fsp3) is 0.714. The largest absolute Gasteiger partial charge is 0.353 e. The Hall–Kier alpha value is -0.980. The second-order valence-electron chi connectivity index (χ2n) is 5.57. The molecule has 1 spiro atoms. The molecule has 2 fully saturated rings. The highest BCUT2D eigenvalue weighted by Crippen LogP contribution is 2.31. The highest BCUT2D eigenvalue weighted by atomic mass is 32.1. The van der Waals surface area contributed by atoms with Crippen molar-refractivity contribution in [1.82, 2.24) is 20.1 Å². The van der Waals surface area contributed by atoms with E-state index in [0.29, 0.717) is 0 Å². The first kappa shape index (κ1) is 14.0. The molecule has 1 amide bonds. The lowest BCUT2D eigenvalue weighted by atomic mass is 9.83. The Labute approximate surface area is 124 Å². The van der Waals surface area contributed by atoms with Crippen LogP contribution < -0.4 is 5.32 Å². The van der Waals surface area contributed by atoms with Crippen LogP contribution in [0, 0.1) is 0 Å². The molecule has 110 valence electrons. The summed E-state index contributed by atoms with van der Waals surface area (Å²) in [5.74, 6) is 0.236. The number of hydrogen-bond donors (Lipinski definition) is 1. The highest BCUT2D eigenvalue weighted by molar-refractivity contribution is 7.09. The third kappa shape index (κ3) is 2.47. The average Bonchev–Trinajstić information content (AvgIpc) is 2.97. The van der Waals surface area contributed by atoms with Crippen LogP contribution in [0.5, 0.6) is 0 Å². The van der Waals surface area contributed by atoms with E-state index < -0.39 is 0 Å². The lowest BCUT2D eigenvalue weighted by Crippen LogP contribution is -2.67. The molecule has 3 heterocycles. The number of likely N-dealkylation sites (N-methyl/N-ethyl adjacent to an activating group) is 1. The van der Waals surface area contributed by atoms with Crippen molar-refractivity contribution >= 4 is 17.2 Å². The van der Waals surface area contributed by atoms with Gasteiger partial charge in [-0.3, -0.25) is 14.6 Å². The summed E-state index contributed by atoms with van der Waals surface area (Å²) >= 11 is 1.71. The fourth-order valence-electron chi connectivity index (χ4n) is 3.43. The Morgan fingerprint density at radius 1 is 1.40 bits per heavy atom. The first-order chi connectivity index (χ1) is 9.74. The van der Waals surface area contributed by atoms with Gasteiger partial charge in [0.25, 0.3) is 0 Å². The monoisotopic (exact) mass is 294 g/mol. The van der Waals surface area contributed by atoms with Crippen LogP contribution in [0.25, 0.3) is 0 Å². The predicted octanol–water partition coefficient (Wildman–Crippen LogP) is 0.929. The number of likely N-dealkylation sites (tertiary alicyclic amines) is 1. The van der Waals surface area contributed by atoms with Gasteiger partial charge in [-0.05, 0) is 19.4 Å². The van der Waals surface area contributed by atoms with Gasteiger partial charge in [-0.25, -0.2) is 4.98 Å². The molecule has 0 aliphatic carbocycles. The van der Waals surface area contributed by atoms with Crippen LogP contribution >= 0.6 is 11.3 Å².